The largest absolute Gasteiger partial charge is 0.312 e. The van der Waals surface area contributed by atoms with E-state index in [4.69, 9.17) is 0 Å². The molecule has 2 N–H and O–H groups in total. The number of aromatic nitrogens is 1. The Balaban J connectivity index is 2.08. The van der Waals surface area contributed by atoms with Crippen LogP contribution in [-0.4, -0.2) is 32.5 Å². The van der Waals surface area contributed by atoms with E-state index in [0.29, 0.717) is 11.0 Å². The summed E-state index contributed by atoms with van der Waals surface area (Å²) >= 11 is 3.22. The first-order valence-corrected chi connectivity index (χ1v) is 8.94. The number of hydrogen-bond acceptors (Lipinski definition) is 4. The van der Waals surface area contributed by atoms with Crippen LogP contribution >= 0.6 is 15.9 Å². The second kappa shape index (κ2) is 6.09. The molecule has 2 rings (SSSR count). The smallest absolute Gasteiger partial charge is 0.259 e. The number of sulfonamides is 1. The quantitative estimate of drug-likeness (QED) is 0.858. The minimum atomic E-state index is -3.59. The average molecular weight is 362 g/mol. The topological polar surface area (TPSA) is 71.1 Å². The first kappa shape index (κ1) is 15.9. The second-order valence-electron chi connectivity index (χ2n) is 5.74. The van der Waals surface area contributed by atoms with Gasteiger partial charge in [0.15, 0.2) is 5.03 Å². The molecule has 1 aromatic heterocycles. The lowest BCUT2D eigenvalue weighted by atomic mass is 9.78. The van der Waals surface area contributed by atoms with Gasteiger partial charge < -0.3 is 5.32 Å². The lowest BCUT2D eigenvalue weighted by Crippen LogP contribution is -2.52. The fourth-order valence-electron chi connectivity index (χ4n) is 2.45. The predicted octanol–water partition coefficient (Wildman–Crippen LogP) is 1.90. The molecule has 1 saturated heterocycles. The fourth-order valence-corrected chi connectivity index (χ4v) is 4.39. The number of nitrogens with zero attached hydrogens (tertiary/aromatic N) is 1. The van der Waals surface area contributed by atoms with Gasteiger partial charge in [-0.3, -0.25) is 0 Å². The van der Waals surface area contributed by atoms with Crippen LogP contribution in [0.1, 0.15) is 26.7 Å². The first-order chi connectivity index (χ1) is 9.33. The highest BCUT2D eigenvalue weighted by atomic mass is 79.9. The van der Waals surface area contributed by atoms with E-state index in [9.17, 15) is 8.42 Å². The highest BCUT2D eigenvalue weighted by Gasteiger charge is 2.33. The summed E-state index contributed by atoms with van der Waals surface area (Å²) < 4.78 is 27.7. The van der Waals surface area contributed by atoms with Gasteiger partial charge in [-0.05, 0) is 52.9 Å². The second-order valence-corrected chi connectivity index (χ2v) is 8.28. The van der Waals surface area contributed by atoms with Crippen LogP contribution in [0.5, 0.6) is 0 Å². The molecule has 20 heavy (non-hydrogen) atoms. The van der Waals surface area contributed by atoms with Crippen LogP contribution < -0.4 is 10.0 Å². The SMILES string of the molecule is CC1(C)CCCNC1CNS(=O)(=O)c1ncccc1Br. The summed E-state index contributed by atoms with van der Waals surface area (Å²) in [5.41, 5.74) is 0.0854. The molecule has 0 amide bonds. The van der Waals surface area contributed by atoms with Crippen LogP contribution in [0.25, 0.3) is 0 Å². The molecular formula is C13H20BrN3O2S. The molecule has 0 radical (unpaired) electrons. The molecule has 7 heteroatoms. The van der Waals surface area contributed by atoms with Gasteiger partial charge in [0.25, 0.3) is 10.0 Å². The summed E-state index contributed by atoms with van der Waals surface area (Å²) in [6, 6.07) is 3.49. The third-order valence-corrected chi connectivity index (χ3v) is 6.07. The van der Waals surface area contributed by atoms with E-state index in [2.05, 4.69) is 44.8 Å². The summed E-state index contributed by atoms with van der Waals surface area (Å²) in [4.78, 5) is 3.93. The molecule has 0 spiro atoms. The van der Waals surface area contributed by atoms with Crippen molar-refractivity contribution in [3.8, 4) is 0 Å². The van der Waals surface area contributed by atoms with Crippen LogP contribution in [0.4, 0.5) is 0 Å². The molecule has 0 saturated carbocycles. The van der Waals surface area contributed by atoms with Crippen molar-refractivity contribution in [1.29, 1.82) is 0 Å². The van der Waals surface area contributed by atoms with E-state index in [1.165, 1.54) is 6.20 Å². The van der Waals surface area contributed by atoms with Crippen LogP contribution in [0.15, 0.2) is 27.8 Å². The number of piperidine rings is 1. The standard InChI is InChI=1S/C13H20BrN3O2S/c1-13(2)6-4-8-15-11(13)9-17-20(18,19)12-10(14)5-3-7-16-12/h3,5,7,11,15,17H,4,6,8-9H2,1-2H3. The molecule has 5 nitrogen and oxygen atoms in total. The molecule has 1 atom stereocenters. The predicted molar refractivity (Wildman–Crippen MR) is 81.9 cm³/mol. The van der Waals surface area contributed by atoms with Crippen molar-refractivity contribution in [1.82, 2.24) is 15.0 Å². The molecule has 0 bridgehead atoms. The molecule has 112 valence electrons. The molecule has 1 aromatic rings. The molecule has 0 aromatic carbocycles. The maximum atomic E-state index is 12.3. The summed E-state index contributed by atoms with van der Waals surface area (Å²) in [7, 11) is -3.59. The number of hydrogen-bond donors (Lipinski definition) is 2. The number of halogens is 1. The Kier molecular flexibility index (Phi) is 4.84. The number of nitrogens with one attached hydrogen (secondary N) is 2. The molecule has 1 unspecified atom stereocenters. The van der Waals surface area contributed by atoms with Gasteiger partial charge in [-0.1, -0.05) is 13.8 Å². The van der Waals surface area contributed by atoms with Crippen LogP contribution in [0.2, 0.25) is 0 Å². The van der Waals surface area contributed by atoms with Crippen molar-refractivity contribution < 1.29 is 8.42 Å². The normalized spacial score (nSPS) is 22.6. The lowest BCUT2D eigenvalue weighted by molar-refractivity contribution is 0.181. The minimum Gasteiger partial charge on any atom is -0.312 e. The van der Waals surface area contributed by atoms with E-state index in [1.807, 2.05) is 0 Å². The Hall–Kier alpha value is -0.500. The van der Waals surface area contributed by atoms with Gasteiger partial charge in [-0.15, -0.1) is 0 Å². The summed E-state index contributed by atoms with van der Waals surface area (Å²) in [5.74, 6) is 0. The fraction of sp³-hybridized carbons (Fsp3) is 0.615. The van der Waals surface area contributed by atoms with Crippen LogP contribution in [-0.2, 0) is 10.0 Å². The number of pyridine rings is 1. The summed E-state index contributed by atoms with van der Waals surface area (Å²) in [6.07, 6.45) is 3.70. The first-order valence-electron chi connectivity index (χ1n) is 6.66. The Bertz CT molecular complexity index is 575. The Morgan fingerprint density at radius 3 is 2.95 bits per heavy atom. The van der Waals surface area contributed by atoms with Crippen molar-refractivity contribution in [2.75, 3.05) is 13.1 Å². The Morgan fingerprint density at radius 1 is 1.55 bits per heavy atom. The monoisotopic (exact) mass is 361 g/mol. The zero-order valence-electron chi connectivity index (χ0n) is 11.7. The van der Waals surface area contributed by atoms with Gasteiger partial charge in [0.1, 0.15) is 0 Å². The maximum Gasteiger partial charge on any atom is 0.259 e. The van der Waals surface area contributed by atoms with E-state index in [1.54, 1.807) is 12.1 Å². The van der Waals surface area contributed by atoms with Crippen molar-refractivity contribution in [3.05, 3.63) is 22.8 Å². The average Bonchev–Trinajstić information content (AvgIpc) is 2.37. The van der Waals surface area contributed by atoms with Gasteiger partial charge in [-0.25, -0.2) is 18.1 Å². The highest BCUT2D eigenvalue weighted by molar-refractivity contribution is 9.10. The van der Waals surface area contributed by atoms with Crippen LogP contribution in [0.3, 0.4) is 0 Å². The molecular weight excluding hydrogens is 342 g/mol. The van der Waals surface area contributed by atoms with Crippen molar-refractivity contribution >= 4 is 26.0 Å². The molecule has 1 aliphatic rings. The van der Waals surface area contributed by atoms with Gasteiger partial charge >= 0.3 is 0 Å². The molecule has 1 aliphatic heterocycles. The van der Waals surface area contributed by atoms with Crippen molar-refractivity contribution in [3.63, 3.8) is 0 Å². The van der Waals surface area contributed by atoms with E-state index >= 15 is 0 Å². The lowest BCUT2D eigenvalue weighted by Gasteiger charge is -2.39. The van der Waals surface area contributed by atoms with Crippen molar-refractivity contribution in [2.45, 2.75) is 37.8 Å². The van der Waals surface area contributed by atoms with E-state index < -0.39 is 10.0 Å². The maximum absolute atomic E-state index is 12.3. The number of rotatable bonds is 4. The van der Waals surface area contributed by atoms with Gasteiger partial charge in [0, 0.05) is 18.8 Å². The molecule has 0 aliphatic carbocycles. The summed E-state index contributed by atoms with van der Waals surface area (Å²) in [5, 5.41) is 3.42. The zero-order chi connectivity index (χ0) is 14.8. The van der Waals surface area contributed by atoms with E-state index in [0.717, 1.165) is 19.4 Å². The van der Waals surface area contributed by atoms with E-state index in [-0.39, 0.29) is 16.5 Å². The van der Waals surface area contributed by atoms with Crippen molar-refractivity contribution in [2.24, 2.45) is 5.41 Å². The Morgan fingerprint density at radius 2 is 2.30 bits per heavy atom. The minimum absolute atomic E-state index is 0.0358. The highest BCUT2D eigenvalue weighted by Crippen LogP contribution is 2.30. The third kappa shape index (κ3) is 3.58. The molecule has 2 heterocycles. The summed E-state index contributed by atoms with van der Waals surface area (Å²) in [6.45, 7) is 5.63. The van der Waals surface area contributed by atoms with Gasteiger partial charge in [0.2, 0.25) is 0 Å². The third-order valence-electron chi connectivity index (χ3n) is 3.79. The van der Waals surface area contributed by atoms with Gasteiger partial charge in [-0.2, -0.15) is 0 Å². The molecule has 1 fully saturated rings. The Labute approximate surface area is 128 Å². The van der Waals surface area contributed by atoms with Crippen LogP contribution in [0, 0.1) is 5.41 Å². The zero-order valence-corrected chi connectivity index (χ0v) is 14.1. The van der Waals surface area contributed by atoms with Gasteiger partial charge in [0.05, 0.1) is 4.47 Å².